The normalized spacial score (nSPS) is 19.8. The molecule has 1 fully saturated rings. The summed E-state index contributed by atoms with van der Waals surface area (Å²) in [5.41, 5.74) is -2.80. The highest BCUT2D eigenvalue weighted by atomic mass is 19.4. The molecule has 1 aromatic carbocycles. The van der Waals surface area contributed by atoms with Crippen LogP contribution in [0.2, 0.25) is 0 Å². The predicted molar refractivity (Wildman–Crippen MR) is 156 cm³/mol. The highest BCUT2D eigenvalue weighted by molar-refractivity contribution is 6.07. The van der Waals surface area contributed by atoms with Gasteiger partial charge in [0.05, 0.1) is 22.5 Å². The second-order valence-electron chi connectivity index (χ2n) is 12.2. The van der Waals surface area contributed by atoms with Crippen molar-refractivity contribution in [3.05, 3.63) is 63.3 Å². The number of hydrogen-bond donors (Lipinski definition) is 1. The average molecular weight is 608 g/mol. The van der Waals surface area contributed by atoms with E-state index in [1.54, 1.807) is 26.8 Å². The zero-order chi connectivity index (χ0) is 32.0. The molecular weight excluding hydrogens is 570 g/mol. The van der Waals surface area contributed by atoms with Gasteiger partial charge in [0.1, 0.15) is 11.4 Å². The summed E-state index contributed by atoms with van der Waals surface area (Å²) in [6, 6.07) is 3.16. The minimum atomic E-state index is -4.96. The number of halogens is 4. The monoisotopic (exact) mass is 607 g/mol. The fourth-order valence-corrected chi connectivity index (χ4v) is 5.22. The van der Waals surface area contributed by atoms with Gasteiger partial charge < -0.3 is 24.4 Å². The number of piperazine rings is 1. The van der Waals surface area contributed by atoms with E-state index in [1.165, 1.54) is 24.1 Å². The first-order valence-electron chi connectivity index (χ1n) is 13.9. The van der Waals surface area contributed by atoms with Crippen LogP contribution in [0.4, 0.5) is 33.7 Å². The van der Waals surface area contributed by atoms with Crippen molar-refractivity contribution in [2.45, 2.75) is 58.5 Å². The highest BCUT2D eigenvalue weighted by Crippen LogP contribution is 2.37. The van der Waals surface area contributed by atoms with Crippen molar-refractivity contribution >= 4 is 28.9 Å². The number of anilines is 2. The number of alkyl halides is 3. The van der Waals surface area contributed by atoms with Crippen LogP contribution in [0.1, 0.15) is 56.1 Å². The molecule has 0 saturated carbocycles. The Morgan fingerprint density at radius 1 is 1.02 bits per heavy atom. The summed E-state index contributed by atoms with van der Waals surface area (Å²) in [4.78, 5) is 43.5. The highest BCUT2D eigenvalue weighted by Gasteiger charge is 2.37. The number of benzene rings is 1. The number of amides is 2. The van der Waals surface area contributed by atoms with Gasteiger partial charge in [0, 0.05) is 63.1 Å². The first-order chi connectivity index (χ1) is 19.9. The van der Waals surface area contributed by atoms with E-state index < -0.39 is 46.3 Å². The van der Waals surface area contributed by atoms with Gasteiger partial charge >= 0.3 is 12.3 Å². The van der Waals surface area contributed by atoms with E-state index in [0.717, 1.165) is 10.8 Å². The summed E-state index contributed by atoms with van der Waals surface area (Å²) >= 11 is 0. The summed E-state index contributed by atoms with van der Waals surface area (Å²) in [5.74, 6) is -1.71. The first-order valence-corrected chi connectivity index (χ1v) is 13.9. The van der Waals surface area contributed by atoms with Gasteiger partial charge in [0.15, 0.2) is 0 Å². The lowest BCUT2D eigenvalue weighted by molar-refractivity contribution is -0.138. The fourth-order valence-electron chi connectivity index (χ4n) is 5.22. The lowest BCUT2D eigenvalue weighted by Gasteiger charge is -2.44. The minimum absolute atomic E-state index is 0.0418. The molecule has 1 saturated heterocycles. The number of pyridine rings is 1. The summed E-state index contributed by atoms with van der Waals surface area (Å²) < 4.78 is 63.6. The summed E-state index contributed by atoms with van der Waals surface area (Å²) in [6.07, 6.45) is -3.02. The number of carbonyl (C=O) groups excluding carboxylic acids is 2. The Balaban J connectivity index is 1.75. The average Bonchev–Trinajstić information content (AvgIpc) is 3.38. The molecule has 2 aliphatic heterocycles. The number of aromatic nitrogens is 1. The van der Waals surface area contributed by atoms with Crippen molar-refractivity contribution in [2.24, 2.45) is 7.05 Å². The molecule has 4 rings (SSSR count). The molecule has 0 aliphatic carbocycles. The molecule has 1 N–H and O–H groups in total. The van der Waals surface area contributed by atoms with Crippen LogP contribution in [-0.2, 0) is 18.0 Å². The number of rotatable bonds is 4. The molecule has 13 heteroatoms. The molecule has 2 amide bonds. The predicted octanol–water partition coefficient (Wildman–Crippen LogP) is 4.96. The van der Waals surface area contributed by atoms with Gasteiger partial charge in [-0.25, -0.2) is 9.18 Å². The van der Waals surface area contributed by atoms with Crippen molar-refractivity contribution in [2.75, 3.05) is 43.4 Å². The van der Waals surface area contributed by atoms with Gasteiger partial charge in [-0.2, -0.15) is 13.2 Å². The maximum Gasteiger partial charge on any atom is 0.417 e. The van der Waals surface area contributed by atoms with Gasteiger partial charge in [-0.3, -0.25) is 14.5 Å². The SMILES string of the molecule is C[C@@H]1CN(c2cc(F)c(C3=CCN(C(=O)OC(C)(C)C)C3)cc2NC(=O)c2cn(C)c(=O)cc2C(F)(F)F)C[C@H](C)N1C. The van der Waals surface area contributed by atoms with Crippen LogP contribution in [0, 0.1) is 5.82 Å². The third kappa shape index (κ3) is 7.03. The zero-order valence-corrected chi connectivity index (χ0v) is 25.3. The van der Waals surface area contributed by atoms with E-state index in [4.69, 9.17) is 4.74 Å². The van der Waals surface area contributed by atoms with E-state index in [-0.39, 0.29) is 36.4 Å². The van der Waals surface area contributed by atoms with Crippen molar-refractivity contribution < 1.29 is 31.9 Å². The van der Waals surface area contributed by atoms with Gasteiger partial charge in [0.25, 0.3) is 11.5 Å². The number of likely N-dealkylation sites (N-methyl/N-ethyl adjacent to an activating group) is 1. The van der Waals surface area contributed by atoms with Crippen molar-refractivity contribution in [1.29, 1.82) is 0 Å². The third-order valence-electron chi connectivity index (χ3n) is 7.73. The molecular formula is C30H37F4N5O4. The van der Waals surface area contributed by atoms with Crippen LogP contribution in [0.15, 0.2) is 35.3 Å². The molecule has 234 valence electrons. The van der Waals surface area contributed by atoms with Crippen molar-refractivity contribution in [3.63, 3.8) is 0 Å². The molecule has 0 spiro atoms. The number of nitrogens with one attached hydrogen (secondary N) is 1. The van der Waals surface area contributed by atoms with Crippen LogP contribution in [0.25, 0.3) is 5.57 Å². The standard InChI is InChI=1S/C30H37F4N5O4/c1-17-13-39(14-18(2)37(17)7)25-12-23(31)20(19-8-9-38(15-19)28(42)43-29(3,4)5)10-24(25)35-27(41)21-16-36(6)26(40)11-22(21)30(32,33)34/h8,10-12,16-18H,9,13-15H2,1-7H3,(H,35,41)/t17-,18+. The molecule has 9 nitrogen and oxygen atoms in total. The minimum Gasteiger partial charge on any atom is -0.444 e. The first kappa shape index (κ1) is 32.1. The largest absolute Gasteiger partial charge is 0.444 e. The molecule has 2 aliphatic rings. The third-order valence-corrected chi connectivity index (χ3v) is 7.73. The van der Waals surface area contributed by atoms with Crippen LogP contribution in [-0.4, -0.2) is 77.3 Å². The Morgan fingerprint density at radius 2 is 1.65 bits per heavy atom. The molecule has 2 atom stereocenters. The fraction of sp³-hybridized carbons (Fsp3) is 0.500. The maximum atomic E-state index is 15.8. The quantitative estimate of drug-likeness (QED) is 0.495. The molecule has 0 bridgehead atoms. The Hall–Kier alpha value is -3.87. The Morgan fingerprint density at radius 3 is 2.23 bits per heavy atom. The van der Waals surface area contributed by atoms with E-state index >= 15 is 4.39 Å². The molecule has 2 aromatic rings. The summed E-state index contributed by atoms with van der Waals surface area (Å²) in [6.45, 7) is 10.4. The molecule has 0 radical (unpaired) electrons. The van der Waals surface area contributed by atoms with Gasteiger partial charge in [-0.05, 0) is 59.4 Å². The molecule has 3 heterocycles. The van der Waals surface area contributed by atoms with Crippen LogP contribution in [0.3, 0.4) is 0 Å². The van der Waals surface area contributed by atoms with Crippen LogP contribution in [0.5, 0.6) is 0 Å². The number of ether oxygens (including phenoxy) is 1. The lowest BCUT2D eigenvalue weighted by Crippen LogP contribution is -2.55. The van der Waals surface area contributed by atoms with E-state index in [0.29, 0.717) is 30.4 Å². The smallest absolute Gasteiger partial charge is 0.417 e. The van der Waals surface area contributed by atoms with Gasteiger partial charge in [0.2, 0.25) is 0 Å². The Labute approximate surface area is 247 Å². The number of nitrogens with zero attached hydrogens (tertiary/aromatic N) is 4. The van der Waals surface area contributed by atoms with Gasteiger partial charge in [-0.1, -0.05) is 6.08 Å². The van der Waals surface area contributed by atoms with Crippen LogP contribution < -0.4 is 15.8 Å². The second-order valence-corrected chi connectivity index (χ2v) is 12.2. The number of hydrogen-bond acceptors (Lipinski definition) is 6. The Bertz CT molecular complexity index is 1500. The van der Waals surface area contributed by atoms with E-state index in [9.17, 15) is 27.6 Å². The van der Waals surface area contributed by atoms with Crippen LogP contribution >= 0.6 is 0 Å². The molecule has 1 aromatic heterocycles. The van der Waals surface area contributed by atoms with Crippen molar-refractivity contribution in [1.82, 2.24) is 14.4 Å². The Kier molecular flexibility index (Phi) is 8.70. The number of carbonyl (C=O) groups is 2. The van der Waals surface area contributed by atoms with E-state index in [1.807, 2.05) is 25.8 Å². The lowest BCUT2D eigenvalue weighted by atomic mass is 10.0. The maximum absolute atomic E-state index is 15.8. The summed E-state index contributed by atoms with van der Waals surface area (Å²) in [7, 11) is 3.22. The van der Waals surface area contributed by atoms with Crippen molar-refractivity contribution in [3.8, 4) is 0 Å². The van der Waals surface area contributed by atoms with Gasteiger partial charge in [-0.15, -0.1) is 0 Å². The zero-order valence-electron chi connectivity index (χ0n) is 25.3. The number of aryl methyl sites for hydroxylation is 1. The second kappa shape index (κ2) is 11.7. The summed E-state index contributed by atoms with van der Waals surface area (Å²) in [5, 5.41) is 2.57. The molecule has 43 heavy (non-hydrogen) atoms. The van der Waals surface area contributed by atoms with E-state index in [2.05, 4.69) is 10.2 Å². The molecule has 0 unspecified atom stereocenters. The topological polar surface area (TPSA) is 87.1 Å².